The number of hydrogen-bond donors (Lipinski definition) is 0. The normalized spacial score (nSPS) is 17.2. The molecule has 1 aliphatic rings. The van der Waals surface area contributed by atoms with Crippen LogP contribution in [0.2, 0.25) is 0 Å². The minimum atomic E-state index is -5.39. The minimum absolute atomic E-state index is 0.778. The molecule has 0 N–H and O–H groups in total. The Morgan fingerprint density at radius 1 is 1.11 bits per heavy atom. The molecule has 6 nitrogen and oxygen atoms in total. The summed E-state index contributed by atoms with van der Waals surface area (Å²) in [5.41, 5.74) is 0. The van der Waals surface area contributed by atoms with Crippen LogP contribution < -0.4 is 14.7 Å². The van der Waals surface area contributed by atoms with E-state index < -0.39 is 7.82 Å². The van der Waals surface area contributed by atoms with E-state index >= 15 is 0 Å². The predicted octanol–water partition coefficient (Wildman–Crippen LogP) is -2.88. The minimum Gasteiger partial charge on any atom is -0.822 e. The molecule has 0 aromatic carbocycles. The maximum Gasteiger partial charge on any atom is 0.109 e. The zero-order valence-electron chi connectivity index (χ0n) is 4.31. The van der Waals surface area contributed by atoms with E-state index in [0.717, 1.165) is 13.2 Å². The average molecular weight is 155 g/mol. The van der Waals surface area contributed by atoms with Crippen molar-refractivity contribution in [1.82, 2.24) is 0 Å². The number of hydrogen-bond acceptors (Lipinski definition) is 6. The zero-order valence-corrected chi connectivity index (χ0v) is 5.21. The van der Waals surface area contributed by atoms with Crippen LogP contribution in [0.25, 0.3) is 0 Å². The molecule has 0 aromatic rings. The van der Waals surface area contributed by atoms with Crippen LogP contribution in [0.4, 0.5) is 0 Å². The van der Waals surface area contributed by atoms with Crippen molar-refractivity contribution in [2.75, 3.05) is 13.2 Å². The van der Waals surface area contributed by atoms with E-state index in [-0.39, 0.29) is 0 Å². The van der Waals surface area contributed by atoms with Gasteiger partial charge in [-0.1, -0.05) is 0 Å². The van der Waals surface area contributed by atoms with Gasteiger partial charge >= 0.3 is 0 Å². The molecule has 1 rings (SSSR count). The smallest absolute Gasteiger partial charge is 0.109 e. The molecule has 9 heavy (non-hydrogen) atoms. The van der Waals surface area contributed by atoms with Gasteiger partial charge in [0.2, 0.25) is 0 Å². The Balaban J connectivity index is 0.000000144. The molecular weight excluding hydrogens is 151 g/mol. The van der Waals surface area contributed by atoms with Gasteiger partial charge < -0.3 is 19.2 Å². The van der Waals surface area contributed by atoms with Crippen LogP contribution in [0.15, 0.2) is 0 Å². The highest BCUT2D eigenvalue weighted by molar-refractivity contribution is 7.40. The first-order chi connectivity index (χ1) is 4.00. The van der Waals surface area contributed by atoms with Crippen LogP contribution in [0.3, 0.4) is 0 Å². The van der Waals surface area contributed by atoms with Crippen molar-refractivity contribution in [3.05, 3.63) is 0 Å². The zero-order chi connectivity index (χ0) is 7.33. The standard InChI is InChI=1S/C2H4O2.H3O4P/c1-2-4-3-1;1-5(2,3)4/h1-2H2;(H3,1,2,3,4)/p-3. The Kier molecular flexibility index (Phi) is 3.96. The van der Waals surface area contributed by atoms with Crippen molar-refractivity contribution in [2.45, 2.75) is 0 Å². The molecule has 0 saturated carbocycles. The number of phosphoric acid groups is 1. The van der Waals surface area contributed by atoms with Crippen molar-refractivity contribution in [1.29, 1.82) is 0 Å². The predicted molar refractivity (Wildman–Crippen MR) is 19.5 cm³/mol. The number of rotatable bonds is 0. The average Bonchev–Trinajstić information content (AvgIpc) is 1.12. The van der Waals surface area contributed by atoms with E-state index in [9.17, 15) is 0 Å². The molecule has 1 saturated heterocycles. The van der Waals surface area contributed by atoms with Crippen molar-refractivity contribution < 1.29 is 29.0 Å². The largest absolute Gasteiger partial charge is 0.822 e. The van der Waals surface area contributed by atoms with E-state index in [1.807, 2.05) is 0 Å². The molecule has 7 heteroatoms. The lowest BCUT2D eigenvalue weighted by molar-refractivity contribution is -0.432. The molecule has 56 valence electrons. The SMILES string of the molecule is C1COO1.O=P([O-])([O-])[O-]. The lowest BCUT2D eigenvalue weighted by Gasteiger charge is -2.36. The Morgan fingerprint density at radius 3 is 1.22 bits per heavy atom. The van der Waals surface area contributed by atoms with Gasteiger partial charge in [0.15, 0.2) is 0 Å². The Bertz CT molecular complexity index is 89.4. The van der Waals surface area contributed by atoms with E-state index in [4.69, 9.17) is 19.2 Å². The van der Waals surface area contributed by atoms with Gasteiger partial charge in [-0.15, -0.1) is 0 Å². The third kappa shape index (κ3) is 18.0. The lowest BCUT2D eigenvalue weighted by atomic mass is 10.8. The fraction of sp³-hybridized carbons (Fsp3) is 1.00. The second-order valence-corrected chi connectivity index (χ2v) is 1.99. The van der Waals surface area contributed by atoms with Crippen LogP contribution in [0.5, 0.6) is 0 Å². The van der Waals surface area contributed by atoms with Gasteiger partial charge in [0.05, 0.1) is 0 Å². The summed E-state index contributed by atoms with van der Waals surface area (Å²) in [6.07, 6.45) is 0. The molecule has 0 bridgehead atoms. The second-order valence-electron chi connectivity index (χ2n) is 1.09. The first-order valence-corrected chi connectivity index (χ1v) is 3.43. The van der Waals surface area contributed by atoms with Crippen LogP contribution in [0.1, 0.15) is 0 Å². The van der Waals surface area contributed by atoms with Crippen molar-refractivity contribution >= 4 is 7.82 Å². The Morgan fingerprint density at radius 2 is 1.22 bits per heavy atom. The fourth-order valence-corrected chi connectivity index (χ4v) is 0.0833. The Labute approximate surface area is 51.2 Å². The second kappa shape index (κ2) is 3.94. The molecule has 1 aliphatic heterocycles. The van der Waals surface area contributed by atoms with Gasteiger partial charge in [-0.2, -0.15) is 7.82 Å². The maximum absolute atomic E-state index is 8.55. The topological polar surface area (TPSA) is 105 Å². The Hall–Kier alpha value is 0.0300. The summed E-state index contributed by atoms with van der Waals surface area (Å²) in [5.74, 6) is 0. The lowest BCUT2D eigenvalue weighted by Crippen LogP contribution is -2.24. The van der Waals surface area contributed by atoms with Gasteiger partial charge in [-0.05, 0) is 0 Å². The molecule has 0 spiro atoms. The highest BCUT2D eigenvalue weighted by Crippen LogP contribution is 2.03. The van der Waals surface area contributed by atoms with Crippen LogP contribution >= 0.6 is 7.82 Å². The van der Waals surface area contributed by atoms with E-state index in [1.165, 1.54) is 0 Å². The summed E-state index contributed by atoms with van der Waals surface area (Å²) in [5, 5.41) is 0. The summed E-state index contributed by atoms with van der Waals surface area (Å²) >= 11 is 0. The molecule has 1 heterocycles. The first kappa shape index (κ1) is 9.03. The molecule has 0 aromatic heterocycles. The molecule has 0 aliphatic carbocycles. The molecule has 0 amide bonds. The first-order valence-electron chi connectivity index (χ1n) is 1.97. The van der Waals surface area contributed by atoms with E-state index in [2.05, 4.69) is 9.78 Å². The molecule has 0 radical (unpaired) electrons. The third-order valence-corrected chi connectivity index (χ3v) is 0.333. The van der Waals surface area contributed by atoms with Crippen LogP contribution in [-0.4, -0.2) is 13.2 Å². The van der Waals surface area contributed by atoms with Gasteiger partial charge in [0, 0.05) is 0 Å². The molecule has 0 unspecified atom stereocenters. The van der Waals surface area contributed by atoms with Crippen LogP contribution in [-0.2, 0) is 14.3 Å². The fourth-order valence-electron chi connectivity index (χ4n) is 0.0833. The monoisotopic (exact) mass is 155 g/mol. The highest BCUT2D eigenvalue weighted by Gasteiger charge is 1.95. The van der Waals surface area contributed by atoms with E-state index in [0.29, 0.717) is 0 Å². The molecule has 1 fully saturated rings. The quantitative estimate of drug-likeness (QED) is 0.275. The van der Waals surface area contributed by atoms with Crippen molar-refractivity contribution in [3.63, 3.8) is 0 Å². The van der Waals surface area contributed by atoms with Gasteiger partial charge in [-0.3, -0.25) is 0 Å². The van der Waals surface area contributed by atoms with Gasteiger partial charge in [0.25, 0.3) is 0 Å². The molecule has 0 atom stereocenters. The van der Waals surface area contributed by atoms with Crippen molar-refractivity contribution in [3.8, 4) is 0 Å². The summed E-state index contributed by atoms with van der Waals surface area (Å²) in [6.45, 7) is 1.56. The van der Waals surface area contributed by atoms with Gasteiger partial charge in [-0.25, -0.2) is 9.78 Å². The summed E-state index contributed by atoms with van der Waals surface area (Å²) in [4.78, 5) is 34.1. The summed E-state index contributed by atoms with van der Waals surface area (Å²) in [7, 11) is -5.39. The summed E-state index contributed by atoms with van der Waals surface area (Å²) in [6, 6.07) is 0. The maximum atomic E-state index is 8.55. The highest BCUT2D eigenvalue weighted by atomic mass is 31.2. The van der Waals surface area contributed by atoms with Crippen molar-refractivity contribution in [2.24, 2.45) is 0 Å². The van der Waals surface area contributed by atoms with E-state index in [1.54, 1.807) is 0 Å². The summed E-state index contributed by atoms with van der Waals surface area (Å²) < 4.78 is 8.55. The molecular formula is C2H4O6P-3. The van der Waals surface area contributed by atoms with Gasteiger partial charge in [0.1, 0.15) is 13.2 Å². The van der Waals surface area contributed by atoms with Crippen LogP contribution in [0, 0.1) is 0 Å². The third-order valence-electron chi connectivity index (χ3n) is 0.333.